The molecule has 2 aromatic rings. The molecule has 0 aliphatic rings. The van der Waals surface area contributed by atoms with Crippen LogP contribution in [0.3, 0.4) is 0 Å². The maximum absolute atomic E-state index is 13.7. The van der Waals surface area contributed by atoms with Gasteiger partial charge in [-0.05, 0) is 53.7 Å². The Morgan fingerprint density at radius 3 is 2.62 bits per heavy atom. The summed E-state index contributed by atoms with van der Waals surface area (Å²) in [6.45, 7) is 4.69. The van der Waals surface area contributed by atoms with E-state index in [-0.39, 0.29) is 5.82 Å². The quantitative estimate of drug-likeness (QED) is 0.595. The largest absolute Gasteiger partial charge is 0.370 e. The van der Waals surface area contributed by atoms with E-state index < -0.39 is 0 Å². The summed E-state index contributed by atoms with van der Waals surface area (Å²) in [5.41, 5.74) is 1.61. The first-order valence-corrected chi connectivity index (χ1v) is 8.45. The van der Waals surface area contributed by atoms with E-state index in [0.717, 1.165) is 17.9 Å². The molecule has 0 fully saturated rings. The molecule has 0 unspecified atom stereocenters. The Labute approximate surface area is 136 Å². The van der Waals surface area contributed by atoms with Crippen molar-refractivity contribution >= 4 is 45.0 Å². The molecule has 0 bridgehead atoms. The summed E-state index contributed by atoms with van der Waals surface area (Å²) in [5, 5.41) is 6.96. The number of benzene rings is 1. The van der Waals surface area contributed by atoms with Gasteiger partial charge in [0.15, 0.2) is 5.16 Å². The molecule has 0 saturated heterocycles. The van der Waals surface area contributed by atoms with Gasteiger partial charge in [-0.15, -0.1) is 0 Å². The zero-order valence-electron chi connectivity index (χ0n) is 12.0. The number of aryl methyl sites for hydroxylation is 1. The molecule has 21 heavy (non-hydrogen) atoms. The second-order valence-electron chi connectivity index (χ2n) is 4.36. The summed E-state index contributed by atoms with van der Waals surface area (Å²) in [5.74, 6) is 1.07. The van der Waals surface area contributed by atoms with Gasteiger partial charge in [0.05, 0.1) is 4.47 Å². The van der Waals surface area contributed by atoms with E-state index >= 15 is 0 Å². The van der Waals surface area contributed by atoms with Gasteiger partial charge in [0, 0.05) is 18.3 Å². The van der Waals surface area contributed by atoms with Crippen LogP contribution in [0, 0.1) is 12.7 Å². The van der Waals surface area contributed by atoms with Gasteiger partial charge < -0.3 is 10.6 Å². The predicted octanol–water partition coefficient (Wildman–Crippen LogP) is 4.58. The number of nitrogens with zero attached hydrogens (tertiary/aromatic N) is 2. The van der Waals surface area contributed by atoms with Crippen molar-refractivity contribution in [1.82, 2.24) is 9.97 Å². The van der Waals surface area contributed by atoms with Crippen LogP contribution in [0.15, 0.2) is 27.8 Å². The summed E-state index contributed by atoms with van der Waals surface area (Å²) < 4.78 is 14.1. The van der Waals surface area contributed by atoms with Gasteiger partial charge >= 0.3 is 0 Å². The van der Waals surface area contributed by atoms with Crippen LogP contribution in [0.25, 0.3) is 0 Å². The second kappa shape index (κ2) is 7.09. The fraction of sp³-hybridized carbons (Fsp3) is 0.286. The summed E-state index contributed by atoms with van der Waals surface area (Å²) in [7, 11) is 0. The zero-order valence-corrected chi connectivity index (χ0v) is 14.4. The van der Waals surface area contributed by atoms with Gasteiger partial charge in [-0.3, -0.25) is 0 Å². The molecular weight excluding hydrogens is 355 g/mol. The van der Waals surface area contributed by atoms with Gasteiger partial charge in [-0.2, -0.15) is 0 Å². The van der Waals surface area contributed by atoms with Gasteiger partial charge in [-0.1, -0.05) is 11.8 Å². The van der Waals surface area contributed by atoms with E-state index in [0.29, 0.717) is 21.1 Å². The standard InChI is InChI=1S/C14H16BrFN4S/c1-4-17-12-7-13(20-14(19-12)21-3)18-11-6-10(16)9(15)5-8(11)2/h5-7H,4H2,1-3H3,(H2,17,18,19,20). The molecule has 1 aromatic carbocycles. The smallest absolute Gasteiger partial charge is 0.191 e. The third kappa shape index (κ3) is 4.07. The average Bonchev–Trinajstić information content (AvgIpc) is 2.45. The summed E-state index contributed by atoms with van der Waals surface area (Å²) in [6.07, 6.45) is 1.92. The lowest BCUT2D eigenvalue weighted by molar-refractivity contribution is 0.621. The normalized spacial score (nSPS) is 10.5. The number of thioether (sulfide) groups is 1. The molecular formula is C14H16BrFN4S. The fourth-order valence-corrected chi connectivity index (χ4v) is 2.61. The Hall–Kier alpha value is -1.34. The van der Waals surface area contributed by atoms with Gasteiger partial charge in [-0.25, -0.2) is 14.4 Å². The van der Waals surface area contributed by atoms with Gasteiger partial charge in [0.2, 0.25) is 0 Å². The Kier molecular flexibility index (Phi) is 5.41. The fourth-order valence-electron chi connectivity index (χ4n) is 1.77. The number of aromatic nitrogens is 2. The predicted molar refractivity (Wildman–Crippen MR) is 90.1 cm³/mol. The van der Waals surface area contributed by atoms with Crippen molar-refractivity contribution < 1.29 is 4.39 Å². The SMILES string of the molecule is CCNc1cc(Nc2cc(F)c(Br)cc2C)nc(SC)n1. The molecule has 0 spiro atoms. The van der Waals surface area contributed by atoms with E-state index in [2.05, 4.69) is 36.5 Å². The molecule has 4 nitrogen and oxygen atoms in total. The van der Waals surface area contributed by atoms with Gasteiger partial charge in [0.25, 0.3) is 0 Å². The van der Waals surface area contributed by atoms with Crippen LogP contribution in [0.4, 0.5) is 21.7 Å². The molecule has 1 aromatic heterocycles. The van der Waals surface area contributed by atoms with Crippen LogP contribution < -0.4 is 10.6 Å². The van der Waals surface area contributed by atoms with E-state index in [1.807, 2.05) is 26.2 Å². The van der Waals surface area contributed by atoms with E-state index in [1.54, 1.807) is 6.07 Å². The molecule has 0 amide bonds. The Balaban J connectivity index is 2.34. The number of anilines is 3. The lowest BCUT2D eigenvalue weighted by atomic mass is 10.2. The Morgan fingerprint density at radius 1 is 1.24 bits per heavy atom. The number of hydrogen-bond donors (Lipinski definition) is 2. The van der Waals surface area contributed by atoms with Crippen molar-refractivity contribution in [2.24, 2.45) is 0 Å². The monoisotopic (exact) mass is 370 g/mol. The number of rotatable bonds is 5. The topological polar surface area (TPSA) is 49.8 Å². The lowest BCUT2D eigenvalue weighted by Crippen LogP contribution is -2.04. The highest BCUT2D eigenvalue weighted by Crippen LogP contribution is 2.27. The Morgan fingerprint density at radius 2 is 1.95 bits per heavy atom. The first kappa shape index (κ1) is 16.0. The number of nitrogens with one attached hydrogen (secondary N) is 2. The average molecular weight is 371 g/mol. The molecule has 2 rings (SSSR count). The molecule has 2 N–H and O–H groups in total. The summed E-state index contributed by atoms with van der Waals surface area (Å²) >= 11 is 4.64. The minimum atomic E-state index is -0.311. The summed E-state index contributed by atoms with van der Waals surface area (Å²) in [4.78, 5) is 8.75. The first-order valence-electron chi connectivity index (χ1n) is 6.43. The first-order chi connectivity index (χ1) is 10.0. The molecule has 112 valence electrons. The van der Waals surface area contributed by atoms with Crippen LogP contribution in [-0.2, 0) is 0 Å². The van der Waals surface area contributed by atoms with Crippen molar-refractivity contribution in [2.45, 2.75) is 19.0 Å². The molecule has 0 radical (unpaired) electrons. The third-order valence-electron chi connectivity index (χ3n) is 2.78. The minimum absolute atomic E-state index is 0.311. The van der Waals surface area contributed by atoms with Crippen LogP contribution in [0.2, 0.25) is 0 Å². The molecule has 1 heterocycles. The molecule has 0 saturated carbocycles. The summed E-state index contributed by atoms with van der Waals surface area (Å²) in [6, 6.07) is 5.00. The third-order valence-corrected chi connectivity index (χ3v) is 3.93. The van der Waals surface area contributed by atoms with Crippen LogP contribution >= 0.6 is 27.7 Å². The molecule has 0 atom stereocenters. The van der Waals surface area contributed by atoms with E-state index in [1.165, 1.54) is 17.8 Å². The van der Waals surface area contributed by atoms with Crippen molar-refractivity contribution in [3.8, 4) is 0 Å². The second-order valence-corrected chi connectivity index (χ2v) is 5.99. The highest BCUT2D eigenvalue weighted by molar-refractivity contribution is 9.10. The van der Waals surface area contributed by atoms with Crippen molar-refractivity contribution in [2.75, 3.05) is 23.4 Å². The van der Waals surface area contributed by atoms with Crippen LogP contribution in [0.1, 0.15) is 12.5 Å². The van der Waals surface area contributed by atoms with Gasteiger partial charge in [0.1, 0.15) is 17.5 Å². The number of hydrogen-bond acceptors (Lipinski definition) is 5. The Bertz CT molecular complexity index is 651. The molecule has 0 aliphatic carbocycles. The molecule has 7 heteroatoms. The molecule has 0 aliphatic heterocycles. The van der Waals surface area contributed by atoms with Crippen molar-refractivity contribution in [3.63, 3.8) is 0 Å². The van der Waals surface area contributed by atoms with Crippen molar-refractivity contribution in [3.05, 3.63) is 34.1 Å². The van der Waals surface area contributed by atoms with Crippen LogP contribution in [-0.4, -0.2) is 22.8 Å². The van der Waals surface area contributed by atoms with E-state index in [4.69, 9.17) is 0 Å². The van der Waals surface area contributed by atoms with Crippen LogP contribution in [0.5, 0.6) is 0 Å². The highest BCUT2D eigenvalue weighted by Gasteiger charge is 2.08. The minimum Gasteiger partial charge on any atom is -0.370 e. The maximum Gasteiger partial charge on any atom is 0.191 e. The van der Waals surface area contributed by atoms with E-state index in [9.17, 15) is 4.39 Å². The zero-order chi connectivity index (χ0) is 15.4. The highest BCUT2D eigenvalue weighted by atomic mass is 79.9. The maximum atomic E-state index is 13.7. The van der Waals surface area contributed by atoms with Crippen molar-refractivity contribution in [1.29, 1.82) is 0 Å². The lowest BCUT2D eigenvalue weighted by Gasteiger charge is -2.12. The number of halogens is 2.